The van der Waals surface area contributed by atoms with E-state index in [1.165, 1.54) is 0 Å². The van der Waals surface area contributed by atoms with Gasteiger partial charge in [0.1, 0.15) is 0 Å². The third-order valence-electron chi connectivity index (χ3n) is 2.56. The second-order valence-electron chi connectivity index (χ2n) is 4.06. The van der Waals surface area contributed by atoms with E-state index in [-0.39, 0.29) is 0 Å². The Balaban J connectivity index is 2.99. The van der Waals surface area contributed by atoms with Crippen molar-refractivity contribution >= 4 is 17.6 Å². The van der Waals surface area contributed by atoms with Crippen molar-refractivity contribution in [3.63, 3.8) is 0 Å². The van der Waals surface area contributed by atoms with Crippen LogP contribution in [0.2, 0.25) is 5.02 Å². The van der Waals surface area contributed by atoms with Crippen LogP contribution in [0.5, 0.6) is 0 Å². The SMILES string of the molecule is CC(C)(C(=O)O)C(N)c1ccc(Cl)cc1. The van der Waals surface area contributed by atoms with Crippen LogP contribution in [-0.2, 0) is 4.79 Å². The molecular weight excluding hydrogens is 214 g/mol. The average molecular weight is 228 g/mol. The lowest BCUT2D eigenvalue weighted by molar-refractivity contribution is -0.148. The molecule has 0 bridgehead atoms. The normalized spacial score (nSPS) is 13.6. The molecule has 4 heteroatoms. The number of carboxylic acids is 1. The maximum atomic E-state index is 11.0. The fraction of sp³-hybridized carbons (Fsp3) is 0.364. The first-order chi connectivity index (χ1) is 6.85. The molecular formula is C11H14ClNO2. The lowest BCUT2D eigenvalue weighted by Gasteiger charge is -2.27. The van der Waals surface area contributed by atoms with Crippen molar-refractivity contribution in [1.82, 2.24) is 0 Å². The summed E-state index contributed by atoms with van der Waals surface area (Å²) in [7, 11) is 0. The minimum absolute atomic E-state index is 0.549. The van der Waals surface area contributed by atoms with Gasteiger partial charge < -0.3 is 10.8 Å². The van der Waals surface area contributed by atoms with E-state index in [4.69, 9.17) is 22.4 Å². The molecule has 82 valence electrons. The number of carbonyl (C=O) groups is 1. The number of halogens is 1. The van der Waals surface area contributed by atoms with E-state index >= 15 is 0 Å². The van der Waals surface area contributed by atoms with Gasteiger partial charge in [0.15, 0.2) is 0 Å². The number of hydrogen-bond acceptors (Lipinski definition) is 2. The zero-order valence-corrected chi connectivity index (χ0v) is 9.45. The van der Waals surface area contributed by atoms with Crippen molar-refractivity contribution in [3.05, 3.63) is 34.9 Å². The number of nitrogens with two attached hydrogens (primary N) is 1. The van der Waals surface area contributed by atoms with Gasteiger partial charge in [-0.05, 0) is 31.5 Å². The standard InChI is InChI=1S/C11H14ClNO2/c1-11(2,10(14)15)9(13)7-3-5-8(12)6-4-7/h3-6,9H,13H2,1-2H3,(H,14,15). The maximum Gasteiger partial charge on any atom is 0.311 e. The molecule has 15 heavy (non-hydrogen) atoms. The summed E-state index contributed by atoms with van der Waals surface area (Å²) in [6.07, 6.45) is 0. The average Bonchev–Trinajstić information content (AvgIpc) is 2.17. The number of aliphatic carboxylic acids is 1. The van der Waals surface area contributed by atoms with Crippen LogP contribution in [0.1, 0.15) is 25.5 Å². The highest BCUT2D eigenvalue weighted by Gasteiger charge is 2.35. The van der Waals surface area contributed by atoms with Gasteiger partial charge >= 0.3 is 5.97 Å². The highest BCUT2D eigenvalue weighted by atomic mass is 35.5. The first-order valence-corrected chi connectivity index (χ1v) is 4.98. The highest BCUT2D eigenvalue weighted by Crippen LogP contribution is 2.31. The van der Waals surface area contributed by atoms with Gasteiger partial charge in [-0.15, -0.1) is 0 Å². The van der Waals surface area contributed by atoms with Gasteiger partial charge in [0.2, 0.25) is 0 Å². The fourth-order valence-corrected chi connectivity index (χ4v) is 1.35. The summed E-state index contributed by atoms with van der Waals surface area (Å²) in [4.78, 5) is 11.0. The van der Waals surface area contributed by atoms with Crippen LogP contribution in [0, 0.1) is 5.41 Å². The second kappa shape index (κ2) is 4.21. The molecule has 0 fully saturated rings. The third kappa shape index (κ3) is 2.49. The summed E-state index contributed by atoms with van der Waals surface area (Å²) in [6.45, 7) is 3.21. The molecule has 0 radical (unpaired) electrons. The van der Waals surface area contributed by atoms with Crippen molar-refractivity contribution in [2.75, 3.05) is 0 Å². The topological polar surface area (TPSA) is 63.3 Å². The molecule has 1 aromatic carbocycles. The first kappa shape index (κ1) is 12.0. The monoisotopic (exact) mass is 227 g/mol. The van der Waals surface area contributed by atoms with Gasteiger partial charge in [0.25, 0.3) is 0 Å². The Morgan fingerprint density at radius 3 is 2.27 bits per heavy atom. The van der Waals surface area contributed by atoms with E-state index in [0.717, 1.165) is 5.56 Å². The molecule has 0 saturated carbocycles. The number of rotatable bonds is 3. The number of hydrogen-bond donors (Lipinski definition) is 2. The van der Waals surface area contributed by atoms with Crippen molar-refractivity contribution in [2.24, 2.45) is 11.1 Å². The molecule has 0 saturated heterocycles. The lowest BCUT2D eigenvalue weighted by atomic mass is 9.81. The molecule has 0 aliphatic heterocycles. The molecule has 1 aromatic rings. The van der Waals surface area contributed by atoms with Crippen molar-refractivity contribution in [1.29, 1.82) is 0 Å². The van der Waals surface area contributed by atoms with Gasteiger partial charge in [-0.2, -0.15) is 0 Å². The van der Waals surface area contributed by atoms with Gasteiger partial charge in [-0.1, -0.05) is 23.7 Å². The molecule has 1 unspecified atom stereocenters. The van der Waals surface area contributed by atoms with Crippen LogP contribution in [0.25, 0.3) is 0 Å². The summed E-state index contributed by atoms with van der Waals surface area (Å²) >= 11 is 5.74. The van der Waals surface area contributed by atoms with E-state index in [2.05, 4.69) is 0 Å². The fourth-order valence-electron chi connectivity index (χ4n) is 1.22. The van der Waals surface area contributed by atoms with Gasteiger partial charge in [0.05, 0.1) is 5.41 Å². The van der Waals surface area contributed by atoms with Crippen molar-refractivity contribution in [2.45, 2.75) is 19.9 Å². The number of benzene rings is 1. The Morgan fingerprint density at radius 2 is 1.87 bits per heavy atom. The molecule has 0 amide bonds. The van der Waals surface area contributed by atoms with Crippen LogP contribution in [0.3, 0.4) is 0 Å². The van der Waals surface area contributed by atoms with Crippen molar-refractivity contribution in [3.8, 4) is 0 Å². The van der Waals surface area contributed by atoms with E-state index in [0.29, 0.717) is 5.02 Å². The van der Waals surface area contributed by atoms with E-state index in [1.54, 1.807) is 38.1 Å². The van der Waals surface area contributed by atoms with Gasteiger partial charge in [-0.25, -0.2) is 0 Å². The predicted molar refractivity (Wildman–Crippen MR) is 59.8 cm³/mol. The minimum atomic E-state index is -0.992. The Hall–Kier alpha value is -1.06. The third-order valence-corrected chi connectivity index (χ3v) is 2.81. The molecule has 0 aliphatic rings. The minimum Gasteiger partial charge on any atom is -0.481 e. The van der Waals surface area contributed by atoms with E-state index in [9.17, 15) is 4.79 Å². The molecule has 1 atom stereocenters. The number of carboxylic acid groups (broad SMARTS) is 1. The summed E-state index contributed by atoms with van der Waals surface area (Å²) < 4.78 is 0. The molecule has 0 heterocycles. The zero-order chi connectivity index (χ0) is 11.6. The highest BCUT2D eigenvalue weighted by molar-refractivity contribution is 6.30. The lowest BCUT2D eigenvalue weighted by Crippen LogP contribution is -2.36. The quantitative estimate of drug-likeness (QED) is 0.834. The molecule has 3 N–H and O–H groups in total. The molecule has 0 spiro atoms. The molecule has 1 rings (SSSR count). The van der Waals surface area contributed by atoms with Crippen LogP contribution in [0.4, 0.5) is 0 Å². The van der Waals surface area contributed by atoms with Crippen LogP contribution in [-0.4, -0.2) is 11.1 Å². The van der Waals surface area contributed by atoms with Crippen LogP contribution in [0.15, 0.2) is 24.3 Å². The Labute approximate surface area is 93.9 Å². The predicted octanol–water partition coefficient (Wildman–Crippen LogP) is 2.45. The Morgan fingerprint density at radius 1 is 1.40 bits per heavy atom. The summed E-state index contributed by atoms with van der Waals surface area (Å²) in [5.74, 6) is -0.912. The van der Waals surface area contributed by atoms with Gasteiger partial charge in [-0.3, -0.25) is 4.79 Å². The smallest absolute Gasteiger partial charge is 0.311 e. The van der Waals surface area contributed by atoms with Crippen molar-refractivity contribution < 1.29 is 9.90 Å². The maximum absolute atomic E-state index is 11.0. The van der Waals surface area contributed by atoms with Crippen LogP contribution < -0.4 is 5.73 Å². The first-order valence-electron chi connectivity index (χ1n) is 4.60. The summed E-state index contributed by atoms with van der Waals surface area (Å²) in [5, 5.41) is 9.63. The molecule has 3 nitrogen and oxygen atoms in total. The Bertz CT molecular complexity index is 359. The Kier molecular flexibility index (Phi) is 3.37. The van der Waals surface area contributed by atoms with Crippen LogP contribution >= 0.6 is 11.6 Å². The molecule has 0 aromatic heterocycles. The summed E-state index contributed by atoms with van der Waals surface area (Å²) in [5.41, 5.74) is 5.68. The molecule has 0 aliphatic carbocycles. The largest absolute Gasteiger partial charge is 0.481 e. The second-order valence-corrected chi connectivity index (χ2v) is 4.49. The van der Waals surface area contributed by atoms with Gasteiger partial charge in [0, 0.05) is 11.1 Å². The van der Waals surface area contributed by atoms with E-state index < -0.39 is 17.4 Å². The van der Waals surface area contributed by atoms with E-state index in [1.807, 2.05) is 0 Å². The zero-order valence-electron chi connectivity index (χ0n) is 8.70. The summed E-state index contributed by atoms with van der Waals surface area (Å²) in [6, 6.07) is 6.35.